The highest BCUT2D eigenvalue weighted by Crippen LogP contribution is 2.26. The van der Waals surface area contributed by atoms with E-state index in [0.29, 0.717) is 17.8 Å². The number of carbonyl (C=O) groups excluding carboxylic acids is 2. The number of anilines is 2. The lowest BCUT2D eigenvalue weighted by Crippen LogP contribution is -2.38. The molecule has 0 aromatic heterocycles. The minimum Gasteiger partial charge on any atom is -0.377 e. The molecule has 2 N–H and O–H groups in total. The SMILES string of the molecule is CC[C@@H](C)N(Cc1cc(NC(=O)NC(C)C)ccc1N(C)C)C(=O)c1cccc(C)c1. The molecule has 0 aliphatic heterocycles. The van der Waals surface area contributed by atoms with Crippen LogP contribution in [-0.2, 0) is 6.54 Å². The van der Waals surface area contributed by atoms with Gasteiger partial charge in [-0.05, 0) is 70.0 Å². The minimum absolute atomic E-state index is 0.0127. The highest BCUT2D eigenvalue weighted by Gasteiger charge is 2.23. The quantitative estimate of drug-likeness (QED) is 0.624. The van der Waals surface area contributed by atoms with E-state index >= 15 is 0 Å². The second kappa shape index (κ2) is 10.8. The largest absolute Gasteiger partial charge is 0.377 e. The van der Waals surface area contributed by atoms with E-state index in [1.807, 2.05) is 87.1 Å². The van der Waals surface area contributed by atoms with Gasteiger partial charge in [0.2, 0.25) is 0 Å². The van der Waals surface area contributed by atoms with E-state index in [1.54, 1.807) is 0 Å². The van der Waals surface area contributed by atoms with Gasteiger partial charge >= 0.3 is 6.03 Å². The van der Waals surface area contributed by atoms with Crippen molar-refractivity contribution in [2.75, 3.05) is 24.3 Å². The number of rotatable bonds is 8. The summed E-state index contributed by atoms with van der Waals surface area (Å²) in [5.41, 5.74) is 4.45. The zero-order chi connectivity index (χ0) is 23.1. The first kappa shape index (κ1) is 24.3. The molecular formula is C25H36N4O2. The summed E-state index contributed by atoms with van der Waals surface area (Å²) in [6, 6.07) is 13.4. The first-order valence-electron chi connectivity index (χ1n) is 10.9. The van der Waals surface area contributed by atoms with Gasteiger partial charge in [0.25, 0.3) is 5.91 Å². The molecule has 168 valence electrons. The maximum absolute atomic E-state index is 13.4. The van der Waals surface area contributed by atoms with Crippen molar-refractivity contribution >= 4 is 23.3 Å². The van der Waals surface area contributed by atoms with Gasteiger partial charge < -0.3 is 20.4 Å². The predicted octanol–water partition coefficient (Wildman–Crippen LogP) is 5.03. The van der Waals surface area contributed by atoms with Crippen LogP contribution in [0.3, 0.4) is 0 Å². The second-order valence-corrected chi connectivity index (χ2v) is 8.55. The molecule has 2 rings (SSSR count). The molecule has 3 amide bonds. The van der Waals surface area contributed by atoms with Gasteiger partial charge in [-0.2, -0.15) is 0 Å². The zero-order valence-corrected chi connectivity index (χ0v) is 19.8. The van der Waals surface area contributed by atoms with Gasteiger partial charge in [-0.25, -0.2) is 4.79 Å². The molecular weight excluding hydrogens is 388 g/mol. The summed E-state index contributed by atoms with van der Waals surface area (Å²) in [7, 11) is 3.96. The van der Waals surface area contributed by atoms with Crippen LogP contribution in [0.15, 0.2) is 42.5 Å². The molecule has 2 aromatic rings. The molecule has 2 aromatic carbocycles. The molecule has 0 spiro atoms. The summed E-state index contributed by atoms with van der Waals surface area (Å²) in [6.45, 7) is 10.4. The highest BCUT2D eigenvalue weighted by molar-refractivity contribution is 5.95. The highest BCUT2D eigenvalue weighted by atomic mass is 16.2. The average Bonchev–Trinajstić information content (AvgIpc) is 2.70. The molecule has 0 radical (unpaired) electrons. The van der Waals surface area contributed by atoms with E-state index in [0.717, 1.165) is 23.2 Å². The van der Waals surface area contributed by atoms with E-state index in [4.69, 9.17) is 0 Å². The Bertz CT molecular complexity index is 908. The summed E-state index contributed by atoms with van der Waals surface area (Å²) < 4.78 is 0. The third kappa shape index (κ3) is 6.74. The summed E-state index contributed by atoms with van der Waals surface area (Å²) in [6.07, 6.45) is 0.851. The molecule has 0 saturated carbocycles. The van der Waals surface area contributed by atoms with Crippen molar-refractivity contribution in [1.29, 1.82) is 0 Å². The summed E-state index contributed by atoms with van der Waals surface area (Å²) in [5, 5.41) is 5.73. The third-order valence-electron chi connectivity index (χ3n) is 5.23. The van der Waals surface area contributed by atoms with Crippen molar-refractivity contribution in [3.05, 3.63) is 59.2 Å². The Morgan fingerprint density at radius 1 is 1.03 bits per heavy atom. The van der Waals surface area contributed by atoms with Gasteiger partial charge in [0.15, 0.2) is 0 Å². The Morgan fingerprint density at radius 3 is 2.32 bits per heavy atom. The van der Waals surface area contributed by atoms with E-state index in [9.17, 15) is 9.59 Å². The fraction of sp³-hybridized carbons (Fsp3) is 0.440. The number of aryl methyl sites for hydroxylation is 1. The molecule has 0 bridgehead atoms. The fourth-order valence-electron chi connectivity index (χ4n) is 3.43. The van der Waals surface area contributed by atoms with Crippen LogP contribution in [0.5, 0.6) is 0 Å². The van der Waals surface area contributed by atoms with Gasteiger partial charge in [-0.1, -0.05) is 24.6 Å². The Hall–Kier alpha value is -3.02. The van der Waals surface area contributed by atoms with E-state index in [1.165, 1.54) is 0 Å². The summed E-state index contributed by atoms with van der Waals surface area (Å²) in [5.74, 6) is 0.0127. The Morgan fingerprint density at radius 2 is 1.74 bits per heavy atom. The first-order valence-corrected chi connectivity index (χ1v) is 10.9. The van der Waals surface area contributed by atoms with Crippen molar-refractivity contribution < 1.29 is 9.59 Å². The fourth-order valence-corrected chi connectivity index (χ4v) is 3.43. The molecule has 6 nitrogen and oxygen atoms in total. The molecule has 0 fully saturated rings. The third-order valence-corrected chi connectivity index (χ3v) is 5.23. The average molecular weight is 425 g/mol. The van der Waals surface area contributed by atoms with Gasteiger partial charge in [0.05, 0.1) is 0 Å². The molecule has 0 heterocycles. The molecule has 31 heavy (non-hydrogen) atoms. The van der Waals surface area contributed by atoms with E-state index in [-0.39, 0.29) is 24.0 Å². The number of hydrogen-bond acceptors (Lipinski definition) is 3. The predicted molar refractivity (Wildman–Crippen MR) is 129 cm³/mol. The molecule has 0 aliphatic rings. The first-order chi connectivity index (χ1) is 14.6. The lowest BCUT2D eigenvalue weighted by Gasteiger charge is -2.31. The molecule has 0 unspecified atom stereocenters. The zero-order valence-electron chi connectivity index (χ0n) is 19.8. The monoisotopic (exact) mass is 424 g/mol. The second-order valence-electron chi connectivity index (χ2n) is 8.55. The van der Waals surface area contributed by atoms with Gasteiger partial charge in [-0.15, -0.1) is 0 Å². The van der Waals surface area contributed by atoms with Gasteiger partial charge in [0, 0.05) is 49.7 Å². The maximum Gasteiger partial charge on any atom is 0.319 e. The van der Waals surface area contributed by atoms with Crippen LogP contribution < -0.4 is 15.5 Å². The molecule has 0 saturated heterocycles. The van der Waals surface area contributed by atoms with Crippen LogP contribution in [0, 0.1) is 6.92 Å². The minimum atomic E-state index is -0.242. The van der Waals surface area contributed by atoms with Crippen molar-refractivity contribution in [2.24, 2.45) is 0 Å². The van der Waals surface area contributed by atoms with Crippen LogP contribution in [0.2, 0.25) is 0 Å². The van der Waals surface area contributed by atoms with Gasteiger partial charge in [-0.3, -0.25) is 4.79 Å². The topological polar surface area (TPSA) is 64.7 Å². The van der Waals surface area contributed by atoms with Crippen molar-refractivity contribution in [3.8, 4) is 0 Å². The standard InChI is InChI=1S/C25H36N4O2/c1-8-19(5)29(24(30)20-11-9-10-18(4)14-20)16-21-15-22(12-13-23(21)28(6)7)27-25(31)26-17(2)3/h9-15,17,19H,8,16H2,1-7H3,(H2,26,27,31)/t19-/m1/s1. The van der Waals surface area contributed by atoms with E-state index < -0.39 is 0 Å². The number of hydrogen-bond donors (Lipinski definition) is 2. The maximum atomic E-state index is 13.4. The van der Waals surface area contributed by atoms with Crippen molar-refractivity contribution in [2.45, 2.75) is 59.7 Å². The Balaban J connectivity index is 2.38. The van der Waals surface area contributed by atoms with E-state index in [2.05, 4.69) is 24.5 Å². The normalized spacial score (nSPS) is 11.7. The van der Waals surface area contributed by atoms with Crippen LogP contribution in [0.4, 0.5) is 16.2 Å². The summed E-state index contributed by atoms with van der Waals surface area (Å²) >= 11 is 0. The lowest BCUT2D eigenvalue weighted by atomic mass is 10.1. The smallest absolute Gasteiger partial charge is 0.319 e. The molecule has 6 heteroatoms. The number of benzene rings is 2. The molecule has 1 atom stereocenters. The Labute approximate surface area is 186 Å². The van der Waals surface area contributed by atoms with Gasteiger partial charge in [0.1, 0.15) is 0 Å². The Kier molecular flexibility index (Phi) is 8.48. The number of urea groups is 1. The van der Waals surface area contributed by atoms with Crippen LogP contribution >= 0.6 is 0 Å². The van der Waals surface area contributed by atoms with Crippen LogP contribution in [0.1, 0.15) is 55.6 Å². The number of nitrogens with one attached hydrogen (secondary N) is 2. The molecule has 0 aliphatic carbocycles. The number of amides is 3. The van der Waals surface area contributed by atoms with Crippen molar-refractivity contribution in [3.63, 3.8) is 0 Å². The van der Waals surface area contributed by atoms with Crippen molar-refractivity contribution in [1.82, 2.24) is 10.2 Å². The van der Waals surface area contributed by atoms with Crippen LogP contribution in [0.25, 0.3) is 0 Å². The summed E-state index contributed by atoms with van der Waals surface area (Å²) in [4.78, 5) is 29.5. The number of nitrogens with zero attached hydrogens (tertiary/aromatic N) is 2. The lowest BCUT2D eigenvalue weighted by molar-refractivity contribution is 0.0671. The number of carbonyl (C=O) groups is 2. The van der Waals surface area contributed by atoms with Crippen LogP contribution in [-0.4, -0.2) is 43.0 Å².